The van der Waals surface area contributed by atoms with Gasteiger partial charge in [-0.3, -0.25) is 4.79 Å². The second-order valence-electron chi connectivity index (χ2n) is 6.48. The molecule has 0 atom stereocenters. The molecule has 1 amide bonds. The third-order valence-electron chi connectivity index (χ3n) is 4.22. The predicted octanol–water partition coefficient (Wildman–Crippen LogP) is 3.50. The number of aromatic nitrogens is 2. The second kappa shape index (κ2) is 8.88. The maximum atomic E-state index is 13.2. The van der Waals surface area contributed by atoms with E-state index in [4.69, 9.17) is 5.73 Å². The normalized spacial score (nSPS) is 11.4. The van der Waals surface area contributed by atoms with E-state index >= 15 is 0 Å². The lowest BCUT2D eigenvalue weighted by Gasteiger charge is -2.08. The molecule has 3 aromatic rings. The van der Waals surface area contributed by atoms with Crippen molar-refractivity contribution in [2.24, 2.45) is 0 Å². The minimum atomic E-state index is -3.92. The number of rotatable bonds is 7. The number of nitrogens with zero attached hydrogens (tertiary/aromatic N) is 2. The van der Waals surface area contributed by atoms with Crippen LogP contribution in [0, 0.1) is 12.7 Å². The molecule has 0 aliphatic heterocycles. The number of sulfone groups is 1. The van der Waals surface area contributed by atoms with Crippen LogP contribution >= 0.6 is 11.8 Å². The van der Waals surface area contributed by atoms with Crippen LogP contribution in [-0.4, -0.2) is 29.9 Å². The Hall–Kier alpha value is -2.85. The van der Waals surface area contributed by atoms with Crippen LogP contribution in [0.4, 0.5) is 15.9 Å². The van der Waals surface area contributed by atoms with Gasteiger partial charge in [0, 0.05) is 5.69 Å². The van der Waals surface area contributed by atoms with Crippen LogP contribution < -0.4 is 11.1 Å². The summed E-state index contributed by atoms with van der Waals surface area (Å²) in [5.74, 6) is -0.422. The second-order valence-corrected chi connectivity index (χ2v) is 9.62. The van der Waals surface area contributed by atoms with Crippen LogP contribution in [0.1, 0.15) is 12.5 Å². The van der Waals surface area contributed by atoms with Crippen molar-refractivity contribution in [1.29, 1.82) is 0 Å². The first-order valence-corrected chi connectivity index (χ1v) is 11.6. The number of carbonyl (C=O) groups excluding carboxylic acids is 1. The smallest absolute Gasteiger partial charge is 0.246 e. The summed E-state index contributed by atoms with van der Waals surface area (Å²) >= 11 is 1.23. The van der Waals surface area contributed by atoms with Crippen molar-refractivity contribution in [3.63, 3.8) is 0 Å². The average molecular weight is 449 g/mol. The van der Waals surface area contributed by atoms with E-state index in [1.807, 2.05) is 13.8 Å². The number of anilines is 2. The first-order chi connectivity index (χ1) is 14.2. The van der Waals surface area contributed by atoms with Crippen molar-refractivity contribution in [2.45, 2.75) is 35.2 Å². The van der Waals surface area contributed by atoms with E-state index in [2.05, 4.69) is 10.4 Å². The first kappa shape index (κ1) is 21.8. The largest absolute Gasteiger partial charge is 0.383 e. The van der Waals surface area contributed by atoms with Crippen LogP contribution in [0.15, 0.2) is 63.3 Å². The third kappa shape index (κ3) is 4.65. The van der Waals surface area contributed by atoms with Gasteiger partial charge in [-0.2, -0.15) is 5.10 Å². The van der Waals surface area contributed by atoms with Gasteiger partial charge in [0.1, 0.15) is 28.1 Å². The van der Waals surface area contributed by atoms with Crippen molar-refractivity contribution < 1.29 is 17.6 Å². The van der Waals surface area contributed by atoms with Gasteiger partial charge in [0.25, 0.3) is 0 Å². The van der Waals surface area contributed by atoms with E-state index in [1.165, 1.54) is 48.2 Å². The highest BCUT2D eigenvalue weighted by Gasteiger charge is 2.30. The molecule has 1 aromatic heterocycles. The highest BCUT2D eigenvalue weighted by molar-refractivity contribution is 8.00. The molecule has 0 spiro atoms. The van der Waals surface area contributed by atoms with E-state index in [9.17, 15) is 17.6 Å². The molecule has 0 radical (unpaired) electrons. The summed E-state index contributed by atoms with van der Waals surface area (Å²) in [5, 5.41) is 7.10. The molecule has 7 nitrogen and oxygen atoms in total. The SMILES string of the molecule is CCSc1nn(CC(=O)Nc2ccc(F)cc2)c(N)c1S(=O)(=O)c1ccc(C)cc1. The van der Waals surface area contributed by atoms with Crippen LogP contribution in [0.5, 0.6) is 0 Å². The Kier molecular flexibility index (Phi) is 6.47. The van der Waals surface area contributed by atoms with E-state index in [0.717, 1.165) is 10.2 Å². The summed E-state index contributed by atoms with van der Waals surface area (Å²) in [6.07, 6.45) is 0. The van der Waals surface area contributed by atoms with Crippen molar-refractivity contribution >= 4 is 39.0 Å². The number of thioether (sulfide) groups is 1. The maximum absolute atomic E-state index is 13.2. The highest BCUT2D eigenvalue weighted by atomic mass is 32.2. The lowest BCUT2D eigenvalue weighted by atomic mass is 10.2. The Morgan fingerprint density at radius 3 is 2.40 bits per heavy atom. The molecule has 0 bridgehead atoms. The standard InChI is InChI=1S/C20H21FN4O3S2/c1-3-29-20-18(30(27,28)16-10-4-13(2)5-11-16)19(22)25(24-20)12-17(26)23-15-8-6-14(21)7-9-15/h4-11H,3,12,22H2,1-2H3,(H,23,26). The number of amides is 1. The summed E-state index contributed by atoms with van der Waals surface area (Å²) < 4.78 is 40.6. The van der Waals surface area contributed by atoms with Gasteiger partial charge >= 0.3 is 0 Å². The van der Waals surface area contributed by atoms with Crippen LogP contribution in [0.3, 0.4) is 0 Å². The summed E-state index contributed by atoms with van der Waals surface area (Å²) in [5.41, 5.74) is 7.46. The van der Waals surface area contributed by atoms with E-state index in [1.54, 1.807) is 12.1 Å². The number of nitrogens with two attached hydrogens (primary N) is 1. The summed E-state index contributed by atoms with van der Waals surface area (Å²) in [4.78, 5) is 12.4. The molecule has 10 heteroatoms. The lowest BCUT2D eigenvalue weighted by Crippen LogP contribution is -2.21. The zero-order chi connectivity index (χ0) is 21.9. The van der Waals surface area contributed by atoms with Gasteiger partial charge < -0.3 is 11.1 Å². The van der Waals surface area contributed by atoms with Crippen LogP contribution in [0.2, 0.25) is 0 Å². The fraction of sp³-hybridized carbons (Fsp3) is 0.200. The fourth-order valence-corrected chi connectivity index (χ4v) is 5.30. The molecule has 30 heavy (non-hydrogen) atoms. The number of nitrogen functional groups attached to an aromatic ring is 1. The van der Waals surface area contributed by atoms with Gasteiger partial charge in [-0.15, -0.1) is 11.8 Å². The molecule has 3 rings (SSSR count). The molecule has 0 saturated carbocycles. The minimum Gasteiger partial charge on any atom is -0.383 e. The molecule has 0 fully saturated rings. The number of benzene rings is 2. The number of hydrogen-bond acceptors (Lipinski definition) is 6. The van der Waals surface area contributed by atoms with Gasteiger partial charge in [-0.25, -0.2) is 17.5 Å². The van der Waals surface area contributed by atoms with Crippen molar-refractivity contribution in [1.82, 2.24) is 9.78 Å². The van der Waals surface area contributed by atoms with Gasteiger partial charge in [0.15, 0.2) is 0 Å². The lowest BCUT2D eigenvalue weighted by molar-refractivity contribution is -0.116. The molecular formula is C20H21FN4O3S2. The molecule has 0 unspecified atom stereocenters. The molecule has 0 saturated heterocycles. The molecule has 1 heterocycles. The Morgan fingerprint density at radius 1 is 1.17 bits per heavy atom. The van der Waals surface area contributed by atoms with Crippen molar-refractivity contribution in [3.05, 3.63) is 59.9 Å². The average Bonchev–Trinajstić information content (AvgIpc) is 3.00. The molecule has 0 aliphatic rings. The third-order valence-corrected chi connectivity index (χ3v) is 7.03. The monoisotopic (exact) mass is 448 g/mol. The van der Waals surface area contributed by atoms with Crippen LogP contribution in [-0.2, 0) is 21.2 Å². The van der Waals surface area contributed by atoms with Crippen LogP contribution in [0.25, 0.3) is 0 Å². The van der Waals surface area contributed by atoms with Gasteiger partial charge in [0.2, 0.25) is 15.7 Å². The fourth-order valence-electron chi connectivity index (χ4n) is 2.74. The van der Waals surface area contributed by atoms with E-state index < -0.39 is 21.6 Å². The van der Waals surface area contributed by atoms with E-state index in [0.29, 0.717) is 11.4 Å². The van der Waals surface area contributed by atoms with Crippen molar-refractivity contribution in [3.8, 4) is 0 Å². The Balaban J connectivity index is 1.92. The topological polar surface area (TPSA) is 107 Å². The summed E-state index contributed by atoms with van der Waals surface area (Å²) in [6.45, 7) is 3.44. The van der Waals surface area contributed by atoms with Gasteiger partial charge in [0.05, 0.1) is 4.90 Å². The Labute approximate surface area is 178 Å². The zero-order valence-corrected chi connectivity index (χ0v) is 18.1. The molecule has 3 N–H and O–H groups in total. The number of hydrogen-bond donors (Lipinski definition) is 2. The summed E-state index contributed by atoms with van der Waals surface area (Å²) in [6, 6.07) is 11.7. The molecule has 0 aliphatic carbocycles. The van der Waals surface area contributed by atoms with E-state index in [-0.39, 0.29) is 27.2 Å². The first-order valence-electron chi connectivity index (χ1n) is 9.08. The number of nitrogens with one attached hydrogen (secondary N) is 1. The maximum Gasteiger partial charge on any atom is 0.246 e. The number of carbonyl (C=O) groups is 1. The zero-order valence-electron chi connectivity index (χ0n) is 16.4. The highest BCUT2D eigenvalue weighted by Crippen LogP contribution is 2.34. The van der Waals surface area contributed by atoms with Gasteiger partial charge in [-0.1, -0.05) is 24.6 Å². The summed E-state index contributed by atoms with van der Waals surface area (Å²) in [7, 11) is -3.92. The van der Waals surface area contributed by atoms with Crippen molar-refractivity contribution in [2.75, 3.05) is 16.8 Å². The molecule has 2 aromatic carbocycles. The van der Waals surface area contributed by atoms with Gasteiger partial charge in [-0.05, 0) is 49.1 Å². The minimum absolute atomic E-state index is 0.104. The Morgan fingerprint density at radius 2 is 1.80 bits per heavy atom. The number of aryl methyl sites for hydroxylation is 1. The molecule has 158 valence electrons. The Bertz CT molecular complexity index is 1160. The molecular weight excluding hydrogens is 427 g/mol. The predicted molar refractivity (Wildman–Crippen MR) is 115 cm³/mol. The quantitative estimate of drug-likeness (QED) is 0.536. The number of halogens is 1.